The molecule has 0 fully saturated rings. The predicted octanol–water partition coefficient (Wildman–Crippen LogP) is 11.4. The zero-order valence-electron chi connectivity index (χ0n) is 26.8. The summed E-state index contributed by atoms with van der Waals surface area (Å²) in [7, 11) is 0. The van der Waals surface area contributed by atoms with Gasteiger partial charge in [0.05, 0.1) is 0 Å². The van der Waals surface area contributed by atoms with E-state index in [0.29, 0.717) is 0 Å². The van der Waals surface area contributed by atoms with Crippen molar-refractivity contribution < 1.29 is 19.1 Å². The molecule has 4 aromatic carbocycles. The van der Waals surface area contributed by atoms with Gasteiger partial charge in [-0.1, -0.05) is 64.3 Å². The van der Waals surface area contributed by atoms with Crippen molar-refractivity contribution in [3.63, 3.8) is 0 Å². The molecule has 232 valence electrons. The SMILES string of the molecule is CCCCCc1cccc(C2=CC(CCCC)=C(c3cccc(CC)c3)[N+]2=[N-])c1.c1ccc([CH2][Ni][CH2]c2ccccc2)cc1. The normalized spacial score (nSPS) is 12.7. The van der Waals surface area contributed by atoms with Gasteiger partial charge >= 0.3 is 97.0 Å². The molecule has 4 aromatic rings. The summed E-state index contributed by atoms with van der Waals surface area (Å²) in [4.78, 5) is 0. The summed E-state index contributed by atoms with van der Waals surface area (Å²) >= 11 is 1.78. The van der Waals surface area contributed by atoms with Crippen LogP contribution in [-0.4, -0.2) is 4.70 Å². The van der Waals surface area contributed by atoms with Crippen molar-refractivity contribution in [1.29, 1.82) is 0 Å². The Labute approximate surface area is 272 Å². The standard InChI is InChI=1S/C27H34N2.2C7H7.Ni/c1-4-7-9-12-22-14-11-16-23(19-22)26-20-25(15-8-5-2)27(29(26)28)24-17-10-13-21(6-3)18-24;2*1-7-5-3-2-4-6-7;/h10-11,13-14,16-20H,4-9,12,15H2,1-3H3;2*2-6H,1H2;. The Hall–Kier alpha value is -3.55. The zero-order chi connectivity index (χ0) is 31.0. The van der Waals surface area contributed by atoms with E-state index in [9.17, 15) is 5.53 Å². The summed E-state index contributed by atoms with van der Waals surface area (Å²) in [6.45, 7) is 6.63. The van der Waals surface area contributed by atoms with Crippen LogP contribution in [0.4, 0.5) is 0 Å². The molecule has 0 saturated heterocycles. The van der Waals surface area contributed by atoms with Crippen LogP contribution in [0.15, 0.2) is 121 Å². The molecule has 1 heterocycles. The van der Waals surface area contributed by atoms with Gasteiger partial charge in [0.25, 0.3) is 0 Å². The Morgan fingerprint density at radius 1 is 0.568 bits per heavy atom. The molecule has 44 heavy (non-hydrogen) atoms. The van der Waals surface area contributed by atoms with Crippen LogP contribution in [0.2, 0.25) is 0 Å². The van der Waals surface area contributed by atoms with Crippen LogP contribution in [0.3, 0.4) is 0 Å². The number of hydrogen-bond acceptors (Lipinski definition) is 0. The molecule has 0 atom stereocenters. The second-order valence-corrected chi connectivity index (χ2v) is 12.6. The minimum absolute atomic E-state index is 0.894. The third-order valence-corrected chi connectivity index (χ3v) is 9.16. The van der Waals surface area contributed by atoms with Gasteiger partial charge in [-0.15, -0.1) is 0 Å². The third-order valence-electron chi connectivity index (χ3n) is 7.86. The predicted molar refractivity (Wildman–Crippen MR) is 184 cm³/mol. The van der Waals surface area contributed by atoms with Crippen LogP contribution < -0.4 is 0 Å². The molecule has 0 radical (unpaired) electrons. The summed E-state index contributed by atoms with van der Waals surface area (Å²) in [5.41, 5.74) is 21.9. The Morgan fingerprint density at radius 3 is 1.75 bits per heavy atom. The molecule has 0 amide bonds. The second kappa shape index (κ2) is 18.3. The Morgan fingerprint density at radius 2 is 1.14 bits per heavy atom. The molecule has 0 aliphatic carbocycles. The van der Waals surface area contributed by atoms with Crippen molar-refractivity contribution in [3.05, 3.63) is 160 Å². The molecule has 1 aliphatic heterocycles. The van der Waals surface area contributed by atoms with E-state index in [0.717, 1.165) is 65.4 Å². The quantitative estimate of drug-likeness (QED) is 0.0755. The van der Waals surface area contributed by atoms with Crippen molar-refractivity contribution in [2.45, 2.75) is 82.9 Å². The van der Waals surface area contributed by atoms with E-state index >= 15 is 0 Å². The number of rotatable bonds is 14. The Balaban J connectivity index is 0.000000246. The minimum atomic E-state index is 0.894. The van der Waals surface area contributed by atoms with Crippen LogP contribution >= 0.6 is 0 Å². The first kappa shape index (κ1) is 33.3. The molecule has 2 nitrogen and oxygen atoms in total. The van der Waals surface area contributed by atoms with Crippen LogP contribution in [-0.2, 0) is 38.1 Å². The van der Waals surface area contributed by atoms with Crippen molar-refractivity contribution in [2.24, 2.45) is 0 Å². The van der Waals surface area contributed by atoms with E-state index in [1.54, 1.807) is 14.4 Å². The van der Waals surface area contributed by atoms with Crippen molar-refractivity contribution in [1.82, 2.24) is 0 Å². The average Bonchev–Trinajstić information content (AvgIpc) is 3.41. The van der Waals surface area contributed by atoms with E-state index in [1.165, 1.54) is 51.8 Å². The van der Waals surface area contributed by atoms with Gasteiger partial charge in [-0.05, 0) is 67.5 Å². The van der Waals surface area contributed by atoms with E-state index in [-0.39, 0.29) is 0 Å². The maximum atomic E-state index is 11.2. The average molecular weight is 628 g/mol. The van der Waals surface area contributed by atoms with Gasteiger partial charge in [-0.2, -0.15) is 0 Å². The summed E-state index contributed by atoms with van der Waals surface area (Å²) in [6.07, 6.45) is 11.3. The maximum absolute atomic E-state index is 11.2. The first-order valence-electron chi connectivity index (χ1n) is 16.3. The van der Waals surface area contributed by atoms with Crippen LogP contribution in [0.5, 0.6) is 0 Å². The number of allylic oxidation sites excluding steroid dienone is 2. The fourth-order valence-electron chi connectivity index (χ4n) is 5.35. The second-order valence-electron chi connectivity index (χ2n) is 11.4. The molecule has 0 aromatic heterocycles. The van der Waals surface area contributed by atoms with Crippen molar-refractivity contribution in [2.75, 3.05) is 0 Å². The topological polar surface area (TPSA) is 25.3 Å². The molecule has 0 saturated carbocycles. The summed E-state index contributed by atoms with van der Waals surface area (Å²) < 4.78 is 1.42. The van der Waals surface area contributed by atoms with Gasteiger partial charge in [0.15, 0.2) is 0 Å². The summed E-state index contributed by atoms with van der Waals surface area (Å²) in [5.74, 6) is 0. The number of unbranched alkanes of at least 4 members (excludes halogenated alkanes) is 3. The van der Waals surface area contributed by atoms with Gasteiger partial charge in [-0.3, -0.25) is 0 Å². The van der Waals surface area contributed by atoms with Gasteiger partial charge in [0, 0.05) is 22.8 Å². The van der Waals surface area contributed by atoms with Crippen LogP contribution in [0, 0.1) is 0 Å². The van der Waals surface area contributed by atoms with E-state index in [1.807, 2.05) is 0 Å². The number of benzene rings is 4. The van der Waals surface area contributed by atoms with Gasteiger partial charge in [0.1, 0.15) is 0 Å². The molecule has 3 heteroatoms. The van der Waals surface area contributed by atoms with Crippen LogP contribution in [0.25, 0.3) is 16.9 Å². The number of aryl methyl sites for hydroxylation is 2. The molecule has 1 aliphatic rings. The van der Waals surface area contributed by atoms with Gasteiger partial charge in [0.2, 0.25) is 11.4 Å². The molecule has 0 unspecified atom stereocenters. The van der Waals surface area contributed by atoms with E-state index < -0.39 is 0 Å². The number of hydrogen-bond donors (Lipinski definition) is 0. The molecular weight excluding hydrogens is 579 g/mol. The Bertz CT molecular complexity index is 1480. The first-order chi connectivity index (χ1) is 21.6. The summed E-state index contributed by atoms with van der Waals surface area (Å²) in [6, 6.07) is 38.5. The summed E-state index contributed by atoms with van der Waals surface area (Å²) in [5, 5.41) is 2.23. The van der Waals surface area contributed by atoms with E-state index in [2.05, 4.69) is 136 Å². The molecule has 5 rings (SSSR count). The third kappa shape index (κ3) is 10.00. The Kier molecular flexibility index (Phi) is 13.9. The molecule has 0 N–H and O–H groups in total. The van der Waals surface area contributed by atoms with Crippen molar-refractivity contribution >= 4 is 11.4 Å². The fraction of sp³-hybridized carbons (Fsp3) is 0.317. The van der Waals surface area contributed by atoms with Crippen molar-refractivity contribution in [3.8, 4) is 0 Å². The fourth-order valence-corrected chi connectivity index (χ4v) is 6.51. The molecule has 0 spiro atoms. The molecular formula is C41H48N2Ni. The van der Waals surface area contributed by atoms with E-state index in [4.69, 9.17) is 0 Å². The van der Waals surface area contributed by atoms with Gasteiger partial charge < -0.3 is 5.53 Å². The first-order valence-corrected chi connectivity index (χ1v) is 17.7. The van der Waals surface area contributed by atoms with Crippen LogP contribution in [0.1, 0.15) is 92.7 Å². The zero-order valence-corrected chi connectivity index (χ0v) is 27.7. The molecule has 0 bridgehead atoms. The monoisotopic (exact) mass is 626 g/mol. The number of nitrogens with zero attached hydrogens (tertiary/aromatic N) is 2. The van der Waals surface area contributed by atoms with Gasteiger partial charge in [-0.25, -0.2) is 4.70 Å².